The van der Waals surface area contributed by atoms with Gasteiger partial charge in [-0.15, -0.1) is 0 Å². The molecular weight excluding hydrogens is 380 g/mol. The van der Waals surface area contributed by atoms with Gasteiger partial charge in [0.2, 0.25) is 0 Å². The first kappa shape index (κ1) is 18.5. The number of ether oxygens (including phenoxy) is 1. The van der Waals surface area contributed by atoms with Crippen molar-refractivity contribution in [1.29, 1.82) is 0 Å². The van der Waals surface area contributed by atoms with Crippen LogP contribution in [0.3, 0.4) is 0 Å². The Bertz CT molecular complexity index is 1160. The molecule has 30 heavy (non-hydrogen) atoms. The molecule has 2 aliphatic rings. The number of hydrogen-bond acceptors (Lipinski definition) is 5. The Hall–Kier alpha value is -3.48. The van der Waals surface area contributed by atoms with Gasteiger partial charge in [0.15, 0.2) is 0 Å². The SMILES string of the molecule is O=C(NC1CCCCn2c1nc(-c1ccncc1)cc2=O)c1cccc2c1OCC2. The van der Waals surface area contributed by atoms with Gasteiger partial charge in [-0.3, -0.25) is 19.1 Å². The lowest BCUT2D eigenvalue weighted by atomic mass is 10.1. The van der Waals surface area contributed by atoms with E-state index in [1.54, 1.807) is 29.1 Å². The highest BCUT2D eigenvalue weighted by Crippen LogP contribution is 2.31. The summed E-state index contributed by atoms with van der Waals surface area (Å²) in [5.74, 6) is 1.07. The largest absolute Gasteiger partial charge is 0.492 e. The fraction of sp³-hybridized carbons (Fsp3) is 0.304. The van der Waals surface area contributed by atoms with Crippen molar-refractivity contribution in [2.45, 2.75) is 38.3 Å². The van der Waals surface area contributed by atoms with Crippen molar-refractivity contribution in [2.24, 2.45) is 0 Å². The fourth-order valence-corrected chi connectivity index (χ4v) is 4.20. The second-order valence-electron chi connectivity index (χ2n) is 7.64. The third-order valence-electron chi connectivity index (χ3n) is 5.71. The van der Waals surface area contributed by atoms with Crippen LogP contribution in [0.25, 0.3) is 11.3 Å². The molecule has 5 rings (SSSR count). The minimum Gasteiger partial charge on any atom is -0.492 e. The van der Waals surface area contributed by atoms with Crippen LogP contribution in [-0.4, -0.2) is 27.0 Å². The number of rotatable bonds is 3. The zero-order valence-corrected chi connectivity index (χ0v) is 16.5. The van der Waals surface area contributed by atoms with Crippen molar-refractivity contribution >= 4 is 5.91 Å². The first-order valence-electron chi connectivity index (χ1n) is 10.3. The van der Waals surface area contributed by atoms with Gasteiger partial charge in [-0.1, -0.05) is 12.1 Å². The van der Waals surface area contributed by atoms with E-state index < -0.39 is 0 Å². The van der Waals surface area contributed by atoms with Gasteiger partial charge in [0.1, 0.15) is 11.6 Å². The van der Waals surface area contributed by atoms with E-state index in [2.05, 4.69) is 10.3 Å². The minimum atomic E-state index is -0.341. The number of hydrogen-bond donors (Lipinski definition) is 1. The monoisotopic (exact) mass is 402 g/mol. The molecule has 3 aromatic rings. The van der Waals surface area contributed by atoms with E-state index in [1.165, 1.54) is 0 Å². The summed E-state index contributed by atoms with van der Waals surface area (Å²) >= 11 is 0. The zero-order chi connectivity index (χ0) is 20.5. The van der Waals surface area contributed by atoms with Gasteiger partial charge in [0.05, 0.1) is 23.9 Å². The van der Waals surface area contributed by atoms with E-state index in [-0.39, 0.29) is 17.5 Å². The quantitative estimate of drug-likeness (QED) is 0.728. The highest BCUT2D eigenvalue weighted by molar-refractivity contribution is 5.97. The van der Waals surface area contributed by atoms with Gasteiger partial charge in [0, 0.05) is 37.0 Å². The van der Waals surface area contributed by atoms with E-state index in [0.29, 0.717) is 36.0 Å². The number of pyridine rings is 1. The van der Waals surface area contributed by atoms with Crippen LogP contribution in [0.5, 0.6) is 5.75 Å². The van der Waals surface area contributed by atoms with Crippen LogP contribution < -0.4 is 15.6 Å². The number of para-hydroxylation sites is 1. The number of aromatic nitrogens is 3. The molecule has 0 fully saturated rings. The number of nitrogens with one attached hydrogen (secondary N) is 1. The van der Waals surface area contributed by atoms with E-state index in [4.69, 9.17) is 9.72 Å². The fourth-order valence-electron chi connectivity index (χ4n) is 4.20. The van der Waals surface area contributed by atoms with Gasteiger partial charge in [-0.2, -0.15) is 0 Å². The second kappa shape index (κ2) is 7.74. The molecule has 1 N–H and O–H groups in total. The molecule has 0 spiro atoms. The maximum Gasteiger partial charge on any atom is 0.255 e. The molecule has 0 radical (unpaired) electrons. The van der Waals surface area contributed by atoms with Crippen LogP contribution >= 0.6 is 0 Å². The summed E-state index contributed by atoms with van der Waals surface area (Å²) in [6.07, 6.45) is 6.68. The Balaban J connectivity index is 1.52. The molecule has 4 heterocycles. The molecular formula is C23H22N4O3. The normalized spacial score (nSPS) is 17.4. The molecule has 0 saturated heterocycles. The molecule has 1 amide bonds. The van der Waals surface area contributed by atoms with E-state index in [1.807, 2.05) is 24.3 Å². The lowest BCUT2D eigenvalue weighted by Crippen LogP contribution is -2.34. The van der Waals surface area contributed by atoms with Crippen molar-refractivity contribution < 1.29 is 9.53 Å². The standard InChI is InChI=1S/C23H22N4O3/c28-20-14-19(15-7-10-24-11-8-15)25-22-18(6-1-2-12-27(20)22)26-23(29)17-5-3-4-16-9-13-30-21(16)17/h3-5,7-8,10-11,14,18H,1-2,6,9,12-13H2,(H,26,29). The van der Waals surface area contributed by atoms with Crippen molar-refractivity contribution in [3.05, 3.63) is 76.1 Å². The molecule has 1 unspecified atom stereocenters. The average Bonchev–Trinajstić information content (AvgIpc) is 3.17. The number of carbonyl (C=O) groups is 1. The van der Waals surface area contributed by atoms with E-state index in [9.17, 15) is 9.59 Å². The number of amides is 1. The number of nitrogens with zero attached hydrogens (tertiary/aromatic N) is 3. The van der Waals surface area contributed by atoms with Gasteiger partial charge in [-0.05, 0) is 43.0 Å². The van der Waals surface area contributed by atoms with Crippen LogP contribution in [0, 0.1) is 0 Å². The Morgan fingerprint density at radius 2 is 2.03 bits per heavy atom. The number of benzene rings is 1. The van der Waals surface area contributed by atoms with E-state index >= 15 is 0 Å². The summed E-state index contributed by atoms with van der Waals surface area (Å²) < 4.78 is 7.38. The van der Waals surface area contributed by atoms with Crippen molar-refractivity contribution in [3.8, 4) is 17.0 Å². The van der Waals surface area contributed by atoms with Crippen LogP contribution in [0.15, 0.2) is 53.6 Å². The third kappa shape index (κ3) is 3.36. The van der Waals surface area contributed by atoms with Crippen molar-refractivity contribution in [1.82, 2.24) is 19.9 Å². The van der Waals surface area contributed by atoms with Gasteiger partial charge in [0.25, 0.3) is 11.5 Å². The lowest BCUT2D eigenvalue weighted by Gasteiger charge is -2.20. The predicted octanol–water partition coefficient (Wildman–Crippen LogP) is 2.90. The third-order valence-corrected chi connectivity index (χ3v) is 5.71. The summed E-state index contributed by atoms with van der Waals surface area (Å²) in [4.78, 5) is 34.8. The predicted molar refractivity (Wildman–Crippen MR) is 111 cm³/mol. The number of fused-ring (bicyclic) bond motifs is 2. The Morgan fingerprint density at radius 3 is 2.90 bits per heavy atom. The summed E-state index contributed by atoms with van der Waals surface area (Å²) in [7, 11) is 0. The second-order valence-corrected chi connectivity index (χ2v) is 7.64. The molecule has 0 bridgehead atoms. The van der Waals surface area contributed by atoms with Crippen LogP contribution in [-0.2, 0) is 13.0 Å². The van der Waals surface area contributed by atoms with Crippen LogP contribution in [0.1, 0.15) is 47.1 Å². The molecule has 2 aliphatic heterocycles. The van der Waals surface area contributed by atoms with Gasteiger partial charge < -0.3 is 10.1 Å². The van der Waals surface area contributed by atoms with Crippen molar-refractivity contribution in [3.63, 3.8) is 0 Å². The minimum absolute atomic E-state index is 0.100. The topological polar surface area (TPSA) is 86.1 Å². The summed E-state index contributed by atoms with van der Waals surface area (Å²) in [5, 5.41) is 3.11. The maximum absolute atomic E-state index is 13.1. The molecule has 0 aliphatic carbocycles. The maximum atomic E-state index is 13.1. The smallest absolute Gasteiger partial charge is 0.255 e. The first-order valence-corrected chi connectivity index (χ1v) is 10.3. The molecule has 1 aromatic carbocycles. The first-order chi connectivity index (χ1) is 14.7. The van der Waals surface area contributed by atoms with Gasteiger partial charge in [-0.25, -0.2) is 4.98 Å². The molecule has 152 valence electrons. The summed E-state index contributed by atoms with van der Waals surface area (Å²) in [6, 6.07) is 10.5. The Labute approximate surface area is 173 Å². The molecule has 7 heteroatoms. The average molecular weight is 402 g/mol. The summed E-state index contributed by atoms with van der Waals surface area (Å²) in [5.41, 5.74) is 2.91. The molecule has 7 nitrogen and oxygen atoms in total. The van der Waals surface area contributed by atoms with Crippen LogP contribution in [0.4, 0.5) is 0 Å². The molecule has 1 atom stereocenters. The van der Waals surface area contributed by atoms with Crippen LogP contribution in [0.2, 0.25) is 0 Å². The molecule has 2 aromatic heterocycles. The Morgan fingerprint density at radius 1 is 1.17 bits per heavy atom. The van der Waals surface area contributed by atoms with E-state index in [0.717, 1.165) is 36.8 Å². The van der Waals surface area contributed by atoms with Crippen molar-refractivity contribution in [2.75, 3.05) is 6.61 Å². The highest BCUT2D eigenvalue weighted by atomic mass is 16.5. The zero-order valence-electron chi connectivity index (χ0n) is 16.5. The lowest BCUT2D eigenvalue weighted by molar-refractivity contribution is 0.0929. The highest BCUT2D eigenvalue weighted by Gasteiger charge is 2.27. The number of carbonyl (C=O) groups excluding carboxylic acids is 1. The Kier molecular flexibility index (Phi) is 4.78. The molecule has 0 saturated carbocycles. The summed E-state index contributed by atoms with van der Waals surface area (Å²) in [6.45, 7) is 1.20. The van der Waals surface area contributed by atoms with Gasteiger partial charge >= 0.3 is 0 Å².